The molecular formula is C26H32N4O3. The molecule has 7 nitrogen and oxygen atoms in total. The molecule has 1 aromatic heterocycles. The van der Waals surface area contributed by atoms with Gasteiger partial charge in [-0.25, -0.2) is 4.98 Å². The van der Waals surface area contributed by atoms with Crippen molar-refractivity contribution in [1.29, 1.82) is 0 Å². The molecule has 174 valence electrons. The van der Waals surface area contributed by atoms with Gasteiger partial charge in [-0.1, -0.05) is 12.1 Å². The summed E-state index contributed by atoms with van der Waals surface area (Å²) in [7, 11) is 1.63. The first-order valence-corrected chi connectivity index (χ1v) is 11.7. The number of aromatic nitrogens is 2. The number of benzene rings is 2. The normalized spacial score (nSPS) is 16.1. The topological polar surface area (TPSA) is 76.5 Å². The molecule has 0 saturated carbocycles. The molecule has 2 aromatic carbocycles. The number of imidazole rings is 1. The summed E-state index contributed by atoms with van der Waals surface area (Å²) in [5.41, 5.74) is 3.79. The van der Waals surface area contributed by atoms with Crippen molar-refractivity contribution in [2.24, 2.45) is 5.92 Å². The van der Waals surface area contributed by atoms with Crippen molar-refractivity contribution < 1.29 is 14.3 Å². The van der Waals surface area contributed by atoms with Crippen LogP contribution in [0.15, 0.2) is 48.8 Å². The van der Waals surface area contributed by atoms with Crippen LogP contribution in [-0.4, -0.2) is 46.5 Å². The molecule has 33 heavy (non-hydrogen) atoms. The quantitative estimate of drug-likeness (QED) is 0.554. The number of para-hydroxylation sites is 2. The van der Waals surface area contributed by atoms with Crippen molar-refractivity contribution in [2.45, 2.75) is 45.6 Å². The van der Waals surface area contributed by atoms with Crippen LogP contribution >= 0.6 is 0 Å². The van der Waals surface area contributed by atoms with Crippen molar-refractivity contribution in [3.05, 3.63) is 54.4 Å². The molecule has 1 saturated heterocycles. The van der Waals surface area contributed by atoms with E-state index in [1.54, 1.807) is 13.4 Å². The Morgan fingerprint density at radius 1 is 1.18 bits per heavy atom. The fourth-order valence-corrected chi connectivity index (χ4v) is 4.54. The number of hydrogen-bond acceptors (Lipinski definition) is 4. The summed E-state index contributed by atoms with van der Waals surface area (Å²) in [5.74, 6) is 1.33. The molecule has 3 aromatic rings. The van der Waals surface area contributed by atoms with Crippen LogP contribution in [0.25, 0.3) is 11.0 Å². The average molecular weight is 449 g/mol. The Bertz CT molecular complexity index is 1120. The van der Waals surface area contributed by atoms with E-state index in [0.29, 0.717) is 25.3 Å². The smallest absolute Gasteiger partial charge is 0.224 e. The number of anilines is 1. The number of carbonyl (C=O) groups excluding carboxylic acids is 2. The molecule has 4 rings (SSSR count). The van der Waals surface area contributed by atoms with Gasteiger partial charge in [-0.15, -0.1) is 0 Å². The number of hydrogen-bond donors (Lipinski definition) is 1. The van der Waals surface area contributed by atoms with E-state index in [1.807, 2.05) is 58.9 Å². The molecule has 2 amide bonds. The van der Waals surface area contributed by atoms with Crippen LogP contribution in [-0.2, 0) is 16.1 Å². The van der Waals surface area contributed by atoms with E-state index in [9.17, 15) is 9.59 Å². The molecule has 1 atom stereocenters. The van der Waals surface area contributed by atoms with Gasteiger partial charge in [-0.05, 0) is 68.0 Å². The number of fused-ring (bicyclic) bond motifs is 1. The van der Waals surface area contributed by atoms with E-state index in [2.05, 4.69) is 10.3 Å². The molecule has 2 heterocycles. The maximum Gasteiger partial charge on any atom is 0.224 e. The van der Waals surface area contributed by atoms with Gasteiger partial charge in [0, 0.05) is 38.2 Å². The predicted molar refractivity (Wildman–Crippen MR) is 129 cm³/mol. The average Bonchev–Trinajstić information content (AvgIpc) is 3.26. The highest BCUT2D eigenvalue weighted by Crippen LogP contribution is 2.24. The summed E-state index contributed by atoms with van der Waals surface area (Å²) in [6, 6.07) is 13.6. The van der Waals surface area contributed by atoms with E-state index in [4.69, 9.17) is 4.74 Å². The highest BCUT2D eigenvalue weighted by Gasteiger charge is 2.24. The first kappa shape index (κ1) is 22.8. The van der Waals surface area contributed by atoms with E-state index in [0.717, 1.165) is 60.4 Å². The standard InChI is InChI=1S/C26H32N4O3/c1-19-16-21(33-2)10-11-22(19)28-25(31)12-9-20-6-5-14-29(17-20)26(32)13-15-30-18-27-23-7-3-4-8-24(23)30/h3-4,7-8,10-11,16,18,20H,5-6,9,12-15,17H2,1-2H3,(H,28,31)/t20-/m0/s1. The Morgan fingerprint density at radius 3 is 2.85 bits per heavy atom. The third-order valence-electron chi connectivity index (χ3n) is 6.45. The van der Waals surface area contributed by atoms with E-state index < -0.39 is 0 Å². The molecule has 0 spiro atoms. The molecular weight excluding hydrogens is 416 g/mol. The highest BCUT2D eigenvalue weighted by atomic mass is 16.5. The zero-order valence-corrected chi connectivity index (χ0v) is 19.4. The van der Waals surface area contributed by atoms with Gasteiger partial charge >= 0.3 is 0 Å². The molecule has 1 aliphatic rings. The summed E-state index contributed by atoms with van der Waals surface area (Å²) in [5, 5.41) is 3.00. The number of piperidine rings is 1. The summed E-state index contributed by atoms with van der Waals surface area (Å²) < 4.78 is 7.26. The molecule has 0 aliphatic carbocycles. The van der Waals surface area contributed by atoms with Gasteiger partial charge in [0.25, 0.3) is 0 Å². The van der Waals surface area contributed by atoms with E-state index in [-0.39, 0.29) is 11.8 Å². The first-order chi connectivity index (χ1) is 16.0. The Hall–Kier alpha value is -3.35. The fourth-order valence-electron chi connectivity index (χ4n) is 4.54. The predicted octanol–water partition coefficient (Wildman–Crippen LogP) is 4.40. The minimum Gasteiger partial charge on any atom is -0.497 e. The van der Waals surface area contributed by atoms with Crippen LogP contribution in [0.1, 0.15) is 37.7 Å². The number of aryl methyl sites for hydroxylation is 2. The Labute approximate surface area is 194 Å². The zero-order chi connectivity index (χ0) is 23.2. The fraction of sp³-hybridized carbons (Fsp3) is 0.423. The van der Waals surface area contributed by atoms with Crippen LogP contribution in [0.2, 0.25) is 0 Å². The lowest BCUT2D eigenvalue weighted by Gasteiger charge is -2.33. The molecule has 1 N–H and O–H groups in total. The SMILES string of the molecule is COc1ccc(NC(=O)CC[C@@H]2CCCN(C(=O)CCn3cnc4ccccc43)C2)c(C)c1. The summed E-state index contributed by atoms with van der Waals surface area (Å²) in [6.45, 7) is 4.12. The maximum absolute atomic E-state index is 12.8. The van der Waals surface area contributed by atoms with Gasteiger partial charge in [-0.2, -0.15) is 0 Å². The van der Waals surface area contributed by atoms with Gasteiger partial charge in [0.2, 0.25) is 11.8 Å². The lowest BCUT2D eigenvalue weighted by molar-refractivity contribution is -0.133. The van der Waals surface area contributed by atoms with Gasteiger partial charge < -0.3 is 19.5 Å². The summed E-state index contributed by atoms with van der Waals surface area (Å²) >= 11 is 0. The number of nitrogens with zero attached hydrogens (tertiary/aromatic N) is 3. The first-order valence-electron chi connectivity index (χ1n) is 11.7. The van der Waals surface area contributed by atoms with Gasteiger partial charge in [-0.3, -0.25) is 9.59 Å². The molecule has 7 heteroatoms. The van der Waals surface area contributed by atoms with Crippen molar-refractivity contribution in [2.75, 3.05) is 25.5 Å². The molecule has 1 fully saturated rings. The largest absolute Gasteiger partial charge is 0.497 e. The lowest BCUT2D eigenvalue weighted by Crippen LogP contribution is -2.40. The number of carbonyl (C=O) groups is 2. The van der Waals surface area contributed by atoms with Crippen molar-refractivity contribution >= 4 is 28.5 Å². The number of amides is 2. The molecule has 0 unspecified atom stereocenters. The lowest BCUT2D eigenvalue weighted by atomic mass is 9.93. The Kier molecular flexibility index (Phi) is 7.27. The van der Waals surface area contributed by atoms with Crippen LogP contribution in [0.5, 0.6) is 5.75 Å². The van der Waals surface area contributed by atoms with Crippen molar-refractivity contribution in [1.82, 2.24) is 14.5 Å². The van der Waals surface area contributed by atoms with Crippen LogP contribution < -0.4 is 10.1 Å². The molecule has 0 bridgehead atoms. The number of methoxy groups -OCH3 is 1. The van der Waals surface area contributed by atoms with Gasteiger partial charge in [0.1, 0.15) is 5.75 Å². The maximum atomic E-state index is 12.8. The van der Waals surface area contributed by atoms with Gasteiger partial charge in [0.15, 0.2) is 0 Å². The van der Waals surface area contributed by atoms with Gasteiger partial charge in [0.05, 0.1) is 24.5 Å². The van der Waals surface area contributed by atoms with Crippen LogP contribution in [0.3, 0.4) is 0 Å². The zero-order valence-electron chi connectivity index (χ0n) is 19.4. The minimum atomic E-state index is 0.0127. The second-order valence-electron chi connectivity index (χ2n) is 8.79. The summed E-state index contributed by atoms with van der Waals surface area (Å²) in [4.78, 5) is 31.7. The van der Waals surface area contributed by atoms with Crippen LogP contribution in [0.4, 0.5) is 5.69 Å². The second-order valence-corrected chi connectivity index (χ2v) is 8.79. The number of rotatable bonds is 8. The number of ether oxygens (including phenoxy) is 1. The summed E-state index contributed by atoms with van der Waals surface area (Å²) in [6.07, 6.45) is 5.56. The van der Waals surface area contributed by atoms with Crippen molar-refractivity contribution in [3.8, 4) is 5.75 Å². The number of likely N-dealkylation sites (tertiary alicyclic amines) is 1. The van der Waals surface area contributed by atoms with E-state index >= 15 is 0 Å². The second kappa shape index (κ2) is 10.5. The molecule has 1 aliphatic heterocycles. The third-order valence-corrected chi connectivity index (χ3v) is 6.45. The third kappa shape index (κ3) is 5.72. The monoisotopic (exact) mass is 448 g/mol. The van der Waals surface area contributed by atoms with Crippen molar-refractivity contribution in [3.63, 3.8) is 0 Å². The number of nitrogens with one attached hydrogen (secondary N) is 1. The molecule has 0 radical (unpaired) electrons. The van der Waals surface area contributed by atoms with E-state index in [1.165, 1.54) is 0 Å². The Balaban J connectivity index is 1.24. The Morgan fingerprint density at radius 2 is 2.03 bits per heavy atom. The van der Waals surface area contributed by atoms with Crippen LogP contribution in [0, 0.1) is 12.8 Å². The minimum absolute atomic E-state index is 0.0127. The highest BCUT2D eigenvalue weighted by molar-refractivity contribution is 5.91.